The summed E-state index contributed by atoms with van der Waals surface area (Å²) in [6.07, 6.45) is 7.61. The van der Waals surface area contributed by atoms with Gasteiger partial charge in [-0.3, -0.25) is 0 Å². The van der Waals surface area contributed by atoms with Gasteiger partial charge in [0.1, 0.15) is 0 Å². The average molecular weight is 188 g/mol. The fourth-order valence-corrected chi connectivity index (χ4v) is 1.39. The van der Waals surface area contributed by atoms with Crippen LogP contribution >= 0.6 is 0 Å². The molecule has 0 saturated carbocycles. The average Bonchev–Trinajstić information content (AvgIpc) is 2.17. The van der Waals surface area contributed by atoms with Crippen LogP contribution in [0, 0.1) is 0 Å². The molecule has 2 nitrogen and oxygen atoms in total. The second-order valence-electron chi connectivity index (χ2n) is 3.50. The Labute approximate surface area is 82.3 Å². The van der Waals surface area contributed by atoms with Crippen molar-refractivity contribution in [3.8, 4) is 0 Å². The predicted octanol–water partition coefficient (Wildman–Crippen LogP) is 2.74. The number of ether oxygens (including phenoxy) is 1. The third-order valence-electron chi connectivity index (χ3n) is 2.20. The molecule has 0 aromatic rings. The minimum Gasteiger partial charge on any atom is -0.394 e. The molecule has 0 fully saturated rings. The number of rotatable bonds is 9. The third kappa shape index (κ3) is 8.26. The Morgan fingerprint density at radius 2 is 1.62 bits per heavy atom. The van der Waals surface area contributed by atoms with Gasteiger partial charge in [-0.2, -0.15) is 0 Å². The molecular weight excluding hydrogens is 164 g/mol. The largest absolute Gasteiger partial charge is 0.394 e. The Hall–Kier alpha value is -0.0800. The predicted molar refractivity (Wildman–Crippen MR) is 55.9 cm³/mol. The van der Waals surface area contributed by atoms with E-state index in [0.29, 0.717) is 12.7 Å². The van der Waals surface area contributed by atoms with Crippen molar-refractivity contribution in [1.82, 2.24) is 0 Å². The minimum atomic E-state index is 0.148. The lowest BCUT2D eigenvalue weighted by molar-refractivity contribution is 0.0172. The van der Waals surface area contributed by atoms with Gasteiger partial charge in [-0.15, -0.1) is 0 Å². The molecule has 0 aliphatic carbocycles. The normalized spacial score (nSPS) is 11.1. The van der Waals surface area contributed by atoms with Crippen LogP contribution in [0.3, 0.4) is 0 Å². The number of aliphatic hydroxyl groups excluding tert-OH is 1. The SMILES string of the molecule is CCCCC(CCCC)OCCO. The third-order valence-corrected chi connectivity index (χ3v) is 2.20. The summed E-state index contributed by atoms with van der Waals surface area (Å²) in [6, 6.07) is 0. The first-order valence-electron chi connectivity index (χ1n) is 5.57. The van der Waals surface area contributed by atoms with Crippen molar-refractivity contribution in [2.45, 2.75) is 58.5 Å². The van der Waals surface area contributed by atoms with Crippen molar-refractivity contribution in [3.05, 3.63) is 0 Å². The van der Waals surface area contributed by atoms with Crippen LogP contribution in [-0.2, 0) is 4.74 Å². The van der Waals surface area contributed by atoms with Gasteiger partial charge < -0.3 is 9.84 Å². The molecule has 0 saturated heterocycles. The molecule has 0 aliphatic heterocycles. The molecule has 0 bridgehead atoms. The maximum Gasteiger partial charge on any atom is 0.0701 e. The Kier molecular flexibility index (Phi) is 9.94. The van der Waals surface area contributed by atoms with Crippen LogP contribution < -0.4 is 0 Å². The molecule has 0 spiro atoms. The zero-order chi connectivity index (χ0) is 9.94. The molecule has 2 heteroatoms. The molecule has 0 rings (SSSR count). The first kappa shape index (κ1) is 12.9. The molecule has 0 unspecified atom stereocenters. The van der Waals surface area contributed by atoms with Crippen LogP contribution in [0.2, 0.25) is 0 Å². The molecular formula is C11H24O2. The van der Waals surface area contributed by atoms with Crippen LogP contribution in [-0.4, -0.2) is 24.4 Å². The highest BCUT2D eigenvalue weighted by atomic mass is 16.5. The fourth-order valence-electron chi connectivity index (χ4n) is 1.39. The standard InChI is InChI=1S/C11H24O2/c1-3-5-7-11(8-6-4-2)13-10-9-12/h11-12H,3-10H2,1-2H3. The second-order valence-corrected chi connectivity index (χ2v) is 3.50. The first-order valence-corrected chi connectivity index (χ1v) is 5.57. The summed E-state index contributed by atoms with van der Waals surface area (Å²) in [4.78, 5) is 0. The van der Waals surface area contributed by atoms with E-state index >= 15 is 0 Å². The van der Waals surface area contributed by atoms with Gasteiger partial charge in [0.25, 0.3) is 0 Å². The van der Waals surface area contributed by atoms with E-state index in [4.69, 9.17) is 9.84 Å². The number of aliphatic hydroxyl groups is 1. The minimum absolute atomic E-state index is 0.148. The number of hydrogen-bond donors (Lipinski definition) is 1. The van der Waals surface area contributed by atoms with Gasteiger partial charge in [-0.1, -0.05) is 39.5 Å². The van der Waals surface area contributed by atoms with E-state index in [9.17, 15) is 0 Å². The van der Waals surface area contributed by atoms with Crippen molar-refractivity contribution < 1.29 is 9.84 Å². The maximum absolute atomic E-state index is 8.64. The van der Waals surface area contributed by atoms with E-state index in [1.54, 1.807) is 0 Å². The second kappa shape index (κ2) is 10.0. The molecule has 0 aromatic heterocycles. The molecule has 0 atom stereocenters. The van der Waals surface area contributed by atoms with Gasteiger partial charge in [0.05, 0.1) is 19.3 Å². The van der Waals surface area contributed by atoms with Gasteiger partial charge >= 0.3 is 0 Å². The van der Waals surface area contributed by atoms with Crippen molar-refractivity contribution in [2.75, 3.05) is 13.2 Å². The molecule has 80 valence electrons. The van der Waals surface area contributed by atoms with Crippen LogP contribution in [0.4, 0.5) is 0 Å². The summed E-state index contributed by atoms with van der Waals surface area (Å²) in [5.41, 5.74) is 0. The van der Waals surface area contributed by atoms with Crippen LogP contribution in [0.5, 0.6) is 0 Å². The Bertz CT molecular complexity index is 75.1. The molecule has 0 amide bonds. The van der Waals surface area contributed by atoms with Gasteiger partial charge in [0.2, 0.25) is 0 Å². The zero-order valence-corrected chi connectivity index (χ0v) is 9.09. The van der Waals surface area contributed by atoms with Crippen LogP contribution in [0.25, 0.3) is 0 Å². The van der Waals surface area contributed by atoms with E-state index in [-0.39, 0.29) is 6.61 Å². The lowest BCUT2D eigenvalue weighted by Gasteiger charge is -2.16. The van der Waals surface area contributed by atoms with E-state index in [2.05, 4.69) is 13.8 Å². The summed E-state index contributed by atoms with van der Waals surface area (Å²) in [5.74, 6) is 0. The molecule has 0 aromatic carbocycles. The Morgan fingerprint density at radius 1 is 1.08 bits per heavy atom. The first-order chi connectivity index (χ1) is 6.35. The zero-order valence-electron chi connectivity index (χ0n) is 9.09. The van der Waals surface area contributed by atoms with E-state index in [0.717, 1.165) is 12.8 Å². The molecule has 0 radical (unpaired) electrons. The van der Waals surface area contributed by atoms with E-state index in [1.165, 1.54) is 25.7 Å². The van der Waals surface area contributed by atoms with Crippen molar-refractivity contribution >= 4 is 0 Å². The summed E-state index contributed by atoms with van der Waals surface area (Å²) in [6.45, 7) is 5.04. The number of unbranched alkanes of at least 4 members (excludes halogenated alkanes) is 2. The maximum atomic E-state index is 8.64. The van der Waals surface area contributed by atoms with Crippen LogP contribution in [0.1, 0.15) is 52.4 Å². The monoisotopic (exact) mass is 188 g/mol. The lowest BCUT2D eigenvalue weighted by Crippen LogP contribution is -2.15. The Morgan fingerprint density at radius 3 is 2.00 bits per heavy atom. The highest BCUT2D eigenvalue weighted by Crippen LogP contribution is 2.11. The van der Waals surface area contributed by atoms with Gasteiger partial charge in [0, 0.05) is 0 Å². The summed E-state index contributed by atoms with van der Waals surface area (Å²) in [5, 5.41) is 8.64. The summed E-state index contributed by atoms with van der Waals surface area (Å²) in [7, 11) is 0. The summed E-state index contributed by atoms with van der Waals surface area (Å²) < 4.78 is 5.55. The lowest BCUT2D eigenvalue weighted by atomic mass is 10.1. The highest BCUT2D eigenvalue weighted by Gasteiger charge is 2.06. The fraction of sp³-hybridized carbons (Fsp3) is 1.00. The van der Waals surface area contributed by atoms with Crippen molar-refractivity contribution in [1.29, 1.82) is 0 Å². The number of hydrogen-bond acceptors (Lipinski definition) is 2. The van der Waals surface area contributed by atoms with Crippen molar-refractivity contribution in [3.63, 3.8) is 0 Å². The van der Waals surface area contributed by atoms with E-state index in [1.807, 2.05) is 0 Å². The highest BCUT2D eigenvalue weighted by molar-refractivity contribution is 4.58. The molecule has 13 heavy (non-hydrogen) atoms. The quantitative estimate of drug-likeness (QED) is 0.603. The molecule has 0 aliphatic rings. The van der Waals surface area contributed by atoms with E-state index < -0.39 is 0 Å². The topological polar surface area (TPSA) is 29.5 Å². The smallest absolute Gasteiger partial charge is 0.0701 e. The molecule has 0 heterocycles. The summed E-state index contributed by atoms with van der Waals surface area (Å²) >= 11 is 0. The van der Waals surface area contributed by atoms with Crippen molar-refractivity contribution in [2.24, 2.45) is 0 Å². The van der Waals surface area contributed by atoms with Gasteiger partial charge in [-0.25, -0.2) is 0 Å². The molecule has 1 N–H and O–H groups in total. The Balaban J connectivity index is 3.47. The van der Waals surface area contributed by atoms with Gasteiger partial charge in [0.15, 0.2) is 0 Å². The van der Waals surface area contributed by atoms with Crippen LogP contribution in [0.15, 0.2) is 0 Å². The van der Waals surface area contributed by atoms with Gasteiger partial charge in [-0.05, 0) is 12.8 Å².